The molecule has 0 unspecified atom stereocenters. The van der Waals surface area contributed by atoms with Gasteiger partial charge >= 0.3 is 5.97 Å². The highest BCUT2D eigenvalue weighted by molar-refractivity contribution is 6.03. The summed E-state index contributed by atoms with van der Waals surface area (Å²) in [6, 6.07) is 1.45. The zero-order valence-electron chi connectivity index (χ0n) is 15.6. The summed E-state index contributed by atoms with van der Waals surface area (Å²) >= 11 is 0. The van der Waals surface area contributed by atoms with Crippen LogP contribution in [0.5, 0.6) is 5.75 Å². The standard InChI is InChI=1S/C20H22N2O6/c1-11-5-3-7-14(23)19(26)15(24)8-4-6-12-17(20(27)28-11)16(25)9-13-18(12)21-10-22(13)2/h3-4,6-7,9-11,15,19,24-26H,5,8H2,1-2H3/b6-4+,7-3-/t11-,15-,19+/m0/s1. The summed E-state index contributed by atoms with van der Waals surface area (Å²) in [6.45, 7) is 1.65. The molecule has 0 aliphatic carbocycles. The van der Waals surface area contributed by atoms with Gasteiger partial charge in [-0.15, -0.1) is 0 Å². The van der Waals surface area contributed by atoms with Gasteiger partial charge in [0.05, 0.1) is 23.5 Å². The Balaban J connectivity index is 2.12. The van der Waals surface area contributed by atoms with Crippen LogP contribution in [0, 0.1) is 0 Å². The Morgan fingerprint density at radius 2 is 1.89 bits per heavy atom. The van der Waals surface area contributed by atoms with E-state index < -0.39 is 30.1 Å². The maximum absolute atomic E-state index is 12.7. The van der Waals surface area contributed by atoms with E-state index >= 15 is 0 Å². The van der Waals surface area contributed by atoms with E-state index in [1.165, 1.54) is 24.3 Å². The number of aromatic hydroxyl groups is 1. The van der Waals surface area contributed by atoms with E-state index in [1.54, 1.807) is 24.9 Å². The van der Waals surface area contributed by atoms with Crippen molar-refractivity contribution in [3.05, 3.63) is 41.7 Å². The van der Waals surface area contributed by atoms with E-state index in [-0.39, 0.29) is 24.2 Å². The summed E-state index contributed by atoms with van der Waals surface area (Å²) in [7, 11) is 1.76. The molecule has 1 aliphatic rings. The van der Waals surface area contributed by atoms with Crippen LogP contribution >= 0.6 is 0 Å². The third kappa shape index (κ3) is 3.83. The average molecular weight is 386 g/mol. The van der Waals surface area contributed by atoms with Crippen molar-refractivity contribution in [2.45, 2.75) is 38.1 Å². The predicted octanol–water partition coefficient (Wildman–Crippen LogP) is 1.48. The van der Waals surface area contributed by atoms with E-state index in [9.17, 15) is 24.9 Å². The highest BCUT2D eigenvalue weighted by atomic mass is 16.5. The van der Waals surface area contributed by atoms with Crippen molar-refractivity contribution >= 4 is 28.9 Å². The van der Waals surface area contributed by atoms with Gasteiger partial charge < -0.3 is 24.6 Å². The average Bonchev–Trinajstić information content (AvgIpc) is 3.00. The second kappa shape index (κ2) is 7.95. The van der Waals surface area contributed by atoms with Gasteiger partial charge in [-0.2, -0.15) is 0 Å². The molecule has 0 fully saturated rings. The number of fused-ring (bicyclic) bond motifs is 3. The predicted molar refractivity (Wildman–Crippen MR) is 102 cm³/mol. The number of phenols is 1. The number of carbonyl (C=O) groups excluding carboxylic acids is 2. The molecular weight excluding hydrogens is 364 g/mol. The Kier molecular flexibility index (Phi) is 5.62. The number of aliphatic hydroxyl groups excluding tert-OH is 2. The number of hydrogen-bond donors (Lipinski definition) is 3. The van der Waals surface area contributed by atoms with Crippen molar-refractivity contribution in [3.8, 4) is 5.75 Å². The number of aromatic nitrogens is 2. The van der Waals surface area contributed by atoms with E-state index in [0.717, 1.165) is 6.08 Å². The molecule has 28 heavy (non-hydrogen) atoms. The zero-order chi connectivity index (χ0) is 20.4. The Bertz CT molecular complexity index is 975. The first-order valence-electron chi connectivity index (χ1n) is 8.90. The molecule has 0 radical (unpaired) electrons. The molecule has 0 spiro atoms. The van der Waals surface area contributed by atoms with Crippen molar-refractivity contribution in [2.75, 3.05) is 0 Å². The number of phenolic OH excluding ortho intramolecular Hbond substituents is 1. The number of aliphatic hydroxyl groups is 2. The molecule has 8 heteroatoms. The quantitative estimate of drug-likeness (QED) is 0.586. The molecule has 8 nitrogen and oxygen atoms in total. The van der Waals surface area contributed by atoms with Gasteiger partial charge in [0.2, 0.25) is 0 Å². The molecule has 1 aliphatic heterocycles. The Labute approximate surface area is 161 Å². The Morgan fingerprint density at radius 3 is 2.64 bits per heavy atom. The molecule has 0 bridgehead atoms. The minimum absolute atomic E-state index is 0.0264. The third-order valence-electron chi connectivity index (χ3n) is 4.62. The summed E-state index contributed by atoms with van der Waals surface area (Å²) in [5, 5.41) is 30.5. The lowest BCUT2D eigenvalue weighted by atomic mass is 10.0. The van der Waals surface area contributed by atoms with Crippen molar-refractivity contribution in [1.82, 2.24) is 9.55 Å². The van der Waals surface area contributed by atoms with Crippen LogP contribution < -0.4 is 0 Å². The topological polar surface area (TPSA) is 122 Å². The molecule has 3 N–H and O–H groups in total. The number of ether oxygens (including phenoxy) is 1. The van der Waals surface area contributed by atoms with E-state index in [4.69, 9.17) is 4.74 Å². The monoisotopic (exact) mass is 386 g/mol. The van der Waals surface area contributed by atoms with Crippen molar-refractivity contribution in [2.24, 2.45) is 7.05 Å². The smallest absolute Gasteiger partial charge is 0.342 e. The number of imidazole rings is 1. The number of cyclic esters (lactones) is 1. The van der Waals surface area contributed by atoms with Crippen LogP contribution in [-0.2, 0) is 16.6 Å². The summed E-state index contributed by atoms with van der Waals surface area (Å²) in [4.78, 5) is 28.9. The first kappa shape index (κ1) is 19.8. The van der Waals surface area contributed by atoms with Crippen molar-refractivity contribution in [1.29, 1.82) is 0 Å². The van der Waals surface area contributed by atoms with Gasteiger partial charge in [0, 0.05) is 25.1 Å². The number of nitrogens with zero attached hydrogens (tertiary/aromatic N) is 2. The van der Waals surface area contributed by atoms with Crippen molar-refractivity contribution in [3.63, 3.8) is 0 Å². The van der Waals surface area contributed by atoms with Crippen LogP contribution in [-0.4, -0.2) is 54.9 Å². The third-order valence-corrected chi connectivity index (χ3v) is 4.62. The van der Waals surface area contributed by atoms with Gasteiger partial charge in [-0.25, -0.2) is 9.78 Å². The summed E-state index contributed by atoms with van der Waals surface area (Å²) in [5.41, 5.74) is 1.41. The number of aryl methyl sites for hydroxylation is 1. The molecular formula is C20H22N2O6. The van der Waals surface area contributed by atoms with Gasteiger partial charge in [-0.1, -0.05) is 18.2 Å². The zero-order valence-corrected chi connectivity index (χ0v) is 15.6. The van der Waals surface area contributed by atoms with Crippen molar-refractivity contribution < 1.29 is 29.6 Å². The van der Waals surface area contributed by atoms with Gasteiger partial charge in [0.15, 0.2) is 5.78 Å². The number of rotatable bonds is 0. The highest BCUT2D eigenvalue weighted by Gasteiger charge is 2.25. The van der Waals surface area contributed by atoms with E-state index in [2.05, 4.69) is 4.98 Å². The van der Waals surface area contributed by atoms with Gasteiger partial charge in [-0.3, -0.25) is 4.79 Å². The normalized spacial score (nSPS) is 26.4. The van der Waals surface area contributed by atoms with E-state index in [1.807, 2.05) is 0 Å². The second-order valence-corrected chi connectivity index (χ2v) is 6.81. The molecule has 2 heterocycles. The molecule has 1 aromatic heterocycles. The molecule has 0 amide bonds. The first-order valence-corrected chi connectivity index (χ1v) is 8.90. The molecule has 0 saturated heterocycles. The summed E-state index contributed by atoms with van der Waals surface area (Å²) in [6.07, 6.45) is 4.00. The minimum Gasteiger partial charge on any atom is -0.507 e. The molecule has 1 aromatic carbocycles. The number of esters is 1. The van der Waals surface area contributed by atoms with E-state index in [0.29, 0.717) is 16.6 Å². The number of ketones is 1. The Hall–Kier alpha value is -2.97. The van der Waals surface area contributed by atoms with Crippen LogP contribution in [0.3, 0.4) is 0 Å². The van der Waals surface area contributed by atoms with Crippen LogP contribution in [0.1, 0.15) is 35.7 Å². The SMILES string of the molecule is C[C@H]1C/C=C\C(=O)[C@@H](O)[C@@H](O)C/C=C/c2c(c(O)cc3c2ncn3C)C(=O)O1. The summed E-state index contributed by atoms with van der Waals surface area (Å²) < 4.78 is 7.10. The largest absolute Gasteiger partial charge is 0.507 e. The number of hydrogen-bond acceptors (Lipinski definition) is 7. The molecule has 3 atom stereocenters. The highest BCUT2D eigenvalue weighted by Crippen LogP contribution is 2.32. The number of carbonyl (C=O) groups is 2. The maximum Gasteiger partial charge on any atom is 0.342 e. The molecule has 148 valence electrons. The van der Waals surface area contributed by atoms with Crippen LogP contribution in [0.4, 0.5) is 0 Å². The Morgan fingerprint density at radius 1 is 1.18 bits per heavy atom. The van der Waals surface area contributed by atoms with Crippen LogP contribution in [0.25, 0.3) is 17.1 Å². The fraction of sp³-hybridized carbons (Fsp3) is 0.350. The minimum atomic E-state index is -1.56. The first-order chi connectivity index (χ1) is 13.3. The lowest BCUT2D eigenvalue weighted by Gasteiger charge is -2.16. The molecule has 3 rings (SSSR count). The van der Waals surface area contributed by atoms with Crippen LogP contribution in [0.15, 0.2) is 30.6 Å². The van der Waals surface area contributed by atoms with Gasteiger partial charge in [0.1, 0.15) is 23.5 Å². The second-order valence-electron chi connectivity index (χ2n) is 6.81. The number of benzene rings is 1. The summed E-state index contributed by atoms with van der Waals surface area (Å²) in [5.74, 6) is -1.58. The fourth-order valence-corrected chi connectivity index (χ4v) is 3.06. The van der Waals surface area contributed by atoms with Gasteiger partial charge in [-0.05, 0) is 19.4 Å². The van der Waals surface area contributed by atoms with Gasteiger partial charge in [0.25, 0.3) is 0 Å². The maximum atomic E-state index is 12.7. The lowest BCUT2D eigenvalue weighted by Crippen LogP contribution is -2.32. The molecule has 2 aromatic rings. The molecule has 0 saturated carbocycles. The fourth-order valence-electron chi connectivity index (χ4n) is 3.06. The lowest BCUT2D eigenvalue weighted by molar-refractivity contribution is -0.127. The van der Waals surface area contributed by atoms with Crippen LogP contribution in [0.2, 0.25) is 0 Å².